The van der Waals surface area contributed by atoms with Crippen molar-refractivity contribution in [3.63, 3.8) is 0 Å². The molecule has 0 aliphatic heterocycles. The van der Waals surface area contributed by atoms with E-state index in [0.29, 0.717) is 17.1 Å². The minimum absolute atomic E-state index is 0. The van der Waals surface area contributed by atoms with E-state index in [0.717, 1.165) is 0 Å². The van der Waals surface area contributed by atoms with Gasteiger partial charge in [-0.25, -0.2) is 0 Å². The zero-order valence-electron chi connectivity index (χ0n) is 13.5. The van der Waals surface area contributed by atoms with Gasteiger partial charge in [0.2, 0.25) is 0 Å². The van der Waals surface area contributed by atoms with Crippen LogP contribution in [0.3, 0.4) is 0 Å². The van der Waals surface area contributed by atoms with Gasteiger partial charge in [0.05, 0.1) is 0 Å². The second-order valence-electron chi connectivity index (χ2n) is 4.40. The maximum atomic E-state index is 10.1. The van der Waals surface area contributed by atoms with Crippen LogP contribution in [-0.2, 0) is 37.2 Å². The molecule has 0 amide bonds. The Morgan fingerprint density at radius 1 is 0.520 bits per heavy atom. The Kier molecular flexibility index (Phi) is 14.1. The Balaban J connectivity index is 0.000000339. The van der Waals surface area contributed by atoms with Crippen LogP contribution >= 0.6 is 0 Å². The minimum Gasteiger partial charge on any atom is -0.850 e. The Hall–Kier alpha value is -2.14. The van der Waals surface area contributed by atoms with Crippen LogP contribution in [0, 0.1) is 0 Å². The second kappa shape index (κ2) is 15.4. The van der Waals surface area contributed by atoms with Crippen molar-refractivity contribution in [1.29, 1.82) is 0 Å². The summed E-state index contributed by atoms with van der Waals surface area (Å²) in [7, 11) is 0. The number of nitrogens with zero attached hydrogens (tertiary/aromatic N) is 3. The molecule has 3 rings (SSSR count). The Labute approximate surface area is 158 Å². The predicted molar refractivity (Wildman–Crippen MR) is 83.8 cm³/mol. The monoisotopic (exact) mass is 376 g/mol. The summed E-state index contributed by atoms with van der Waals surface area (Å²) in [6.07, 6.45) is 4.85. The predicted octanol–water partition coefficient (Wildman–Crippen LogP) is -0.177. The average molecular weight is 376 g/mol. The van der Waals surface area contributed by atoms with E-state index in [1.54, 1.807) is 73.2 Å². The van der Waals surface area contributed by atoms with Crippen molar-refractivity contribution in [3.8, 4) is 0 Å². The topological polar surface area (TPSA) is 108 Å². The van der Waals surface area contributed by atoms with Gasteiger partial charge in [-0.1, -0.05) is 38.0 Å². The molecule has 0 aliphatic rings. The van der Waals surface area contributed by atoms with E-state index >= 15 is 0 Å². The third-order valence-corrected chi connectivity index (χ3v) is 2.62. The van der Waals surface area contributed by atoms with E-state index in [2.05, 4.69) is 15.0 Å². The Morgan fingerprint density at radius 3 is 0.920 bits per heavy atom. The van der Waals surface area contributed by atoms with Gasteiger partial charge in [-0.3, -0.25) is 15.0 Å². The molecule has 129 valence electrons. The summed E-state index contributed by atoms with van der Waals surface area (Å²) < 4.78 is 0. The molecule has 0 unspecified atom stereocenters. The fraction of sp³-hybridized carbons (Fsp3) is 0.167. The summed E-state index contributed by atoms with van der Waals surface area (Å²) in [6, 6.07) is 15.9. The molecule has 0 bridgehead atoms. The van der Waals surface area contributed by atoms with Crippen molar-refractivity contribution in [2.24, 2.45) is 0 Å². The fourth-order valence-electron chi connectivity index (χ4n) is 1.45. The Bertz CT molecular complexity index is 550. The van der Waals surface area contributed by atoms with Gasteiger partial charge in [0.1, 0.15) is 0 Å². The maximum absolute atomic E-state index is 10.1. The first kappa shape index (κ1) is 22.9. The normalized spacial score (nSPS) is 8.76. The number of hydrogen-bond acceptors (Lipinski definition) is 6. The van der Waals surface area contributed by atoms with Crippen LogP contribution in [-0.4, -0.2) is 15.0 Å². The van der Waals surface area contributed by atoms with Crippen molar-refractivity contribution >= 4 is 0 Å². The standard InChI is InChI=1S/3C6H6NO.Cr/c3*8-5-6-3-1-2-4-7-6;/h3*1-4H,5H2;/q3*-1;+3. The van der Waals surface area contributed by atoms with Gasteiger partial charge in [0.15, 0.2) is 0 Å². The largest absolute Gasteiger partial charge is 3.00 e. The van der Waals surface area contributed by atoms with Crippen LogP contribution < -0.4 is 15.3 Å². The van der Waals surface area contributed by atoms with Crippen LogP contribution in [0.4, 0.5) is 0 Å². The maximum Gasteiger partial charge on any atom is 3.00 e. The quantitative estimate of drug-likeness (QED) is 0.628. The SMILES string of the molecule is [Cr+3].[O-]Cc1ccccn1.[O-]Cc1ccccn1.[O-]Cc1ccccn1. The van der Waals surface area contributed by atoms with Gasteiger partial charge >= 0.3 is 17.4 Å². The van der Waals surface area contributed by atoms with E-state index < -0.39 is 0 Å². The molecule has 0 spiro atoms. The first-order valence-electron chi connectivity index (χ1n) is 7.24. The van der Waals surface area contributed by atoms with E-state index in [1.165, 1.54) is 0 Å². The van der Waals surface area contributed by atoms with Crippen LogP contribution in [0.1, 0.15) is 17.1 Å². The third-order valence-electron chi connectivity index (χ3n) is 2.62. The summed E-state index contributed by atoms with van der Waals surface area (Å²) >= 11 is 0. The molecule has 1 radical (unpaired) electrons. The van der Waals surface area contributed by atoms with Gasteiger partial charge in [0, 0.05) is 35.7 Å². The molecule has 3 aromatic rings. The van der Waals surface area contributed by atoms with Crippen molar-refractivity contribution in [2.45, 2.75) is 19.8 Å². The summed E-state index contributed by atoms with van der Waals surface area (Å²) in [5.74, 6) is 0. The fourth-order valence-corrected chi connectivity index (χ4v) is 1.45. The van der Waals surface area contributed by atoms with Gasteiger partial charge in [0.25, 0.3) is 0 Å². The van der Waals surface area contributed by atoms with Crippen LogP contribution in [0.25, 0.3) is 0 Å². The molecule has 6 nitrogen and oxygen atoms in total. The van der Waals surface area contributed by atoms with Crippen LogP contribution in [0.2, 0.25) is 0 Å². The number of hydrogen-bond donors (Lipinski definition) is 0. The average Bonchev–Trinajstić information content (AvgIpc) is 2.71. The zero-order valence-corrected chi connectivity index (χ0v) is 14.8. The molecule has 0 saturated carbocycles. The molecule has 7 heteroatoms. The van der Waals surface area contributed by atoms with Crippen molar-refractivity contribution < 1.29 is 32.7 Å². The summed E-state index contributed by atoms with van der Waals surface area (Å²) in [5, 5.41) is 30.2. The van der Waals surface area contributed by atoms with E-state index in [9.17, 15) is 15.3 Å². The molecule has 0 N–H and O–H groups in total. The molecular formula is C18H18CrN3O3. The molecule has 3 aromatic heterocycles. The number of pyridine rings is 3. The summed E-state index contributed by atoms with van der Waals surface area (Å²) in [5.41, 5.74) is 1.81. The zero-order chi connectivity index (χ0) is 17.5. The van der Waals surface area contributed by atoms with Crippen molar-refractivity contribution in [3.05, 3.63) is 90.3 Å². The molecule has 0 fully saturated rings. The van der Waals surface area contributed by atoms with E-state index in [1.807, 2.05) is 0 Å². The molecular weight excluding hydrogens is 358 g/mol. The Morgan fingerprint density at radius 2 is 0.800 bits per heavy atom. The van der Waals surface area contributed by atoms with E-state index in [-0.39, 0.29) is 37.2 Å². The van der Waals surface area contributed by atoms with Gasteiger partial charge in [-0.2, -0.15) is 0 Å². The smallest absolute Gasteiger partial charge is 0.850 e. The van der Waals surface area contributed by atoms with Crippen molar-refractivity contribution in [2.75, 3.05) is 0 Å². The first-order valence-corrected chi connectivity index (χ1v) is 7.24. The third kappa shape index (κ3) is 11.1. The van der Waals surface area contributed by atoms with Crippen molar-refractivity contribution in [1.82, 2.24) is 15.0 Å². The first-order chi connectivity index (χ1) is 11.8. The molecule has 0 saturated heterocycles. The van der Waals surface area contributed by atoms with Gasteiger partial charge < -0.3 is 15.3 Å². The molecule has 3 heterocycles. The van der Waals surface area contributed by atoms with E-state index in [4.69, 9.17) is 0 Å². The molecule has 0 aromatic carbocycles. The summed E-state index contributed by atoms with van der Waals surface area (Å²) in [4.78, 5) is 11.4. The summed E-state index contributed by atoms with van der Waals surface area (Å²) in [6.45, 7) is -0.664. The van der Waals surface area contributed by atoms with Crippen LogP contribution in [0.5, 0.6) is 0 Å². The minimum atomic E-state index is -0.221. The van der Waals surface area contributed by atoms with Crippen LogP contribution in [0.15, 0.2) is 73.2 Å². The second-order valence-corrected chi connectivity index (χ2v) is 4.40. The van der Waals surface area contributed by atoms with Gasteiger partial charge in [-0.05, 0) is 36.4 Å². The molecule has 0 aliphatic carbocycles. The molecule has 0 atom stereocenters. The molecule has 25 heavy (non-hydrogen) atoms. The van der Waals surface area contributed by atoms with Gasteiger partial charge in [-0.15, -0.1) is 0 Å². The number of aromatic nitrogens is 3. The number of rotatable bonds is 3.